The smallest absolute Gasteiger partial charge is 0.337 e. The fourth-order valence-electron chi connectivity index (χ4n) is 2.80. The van der Waals surface area contributed by atoms with Gasteiger partial charge in [0.2, 0.25) is 5.91 Å². The summed E-state index contributed by atoms with van der Waals surface area (Å²) in [5.74, 6) is -0.242. The summed E-state index contributed by atoms with van der Waals surface area (Å²) in [6, 6.07) is 15.3. The zero-order chi connectivity index (χ0) is 19.1. The first kappa shape index (κ1) is 19.7. The molecule has 2 N–H and O–H groups in total. The van der Waals surface area contributed by atoms with Gasteiger partial charge in [0.25, 0.3) is 0 Å². The van der Waals surface area contributed by atoms with Crippen molar-refractivity contribution in [3.8, 4) is 0 Å². The van der Waals surface area contributed by atoms with Gasteiger partial charge in [-0.2, -0.15) is 0 Å². The first-order valence-electron chi connectivity index (χ1n) is 8.69. The highest BCUT2D eigenvalue weighted by Gasteiger charge is 2.17. The third-order valence-electron chi connectivity index (χ3n) is 4.24. The summed E-state index contributed by atoms with van der Waals surface area (Å²) in [5.41, 5.74) is 3.06. The van der Waals surface area contributed by atoms with Crippen molar-refractivity contribution < 1.29 is 14.3 Å². The quantitative estimate of drug-likeness (QED) is 0.744. The summed E-state index contributed by atoms with van der Waals surface area (Å²) >= 11 is 0. The number of hydrogen-bond donors (Lipinski definition) is 2. The Morgan fingerprint density at radius 1 is 1.08 bits per heavy atom. The van der Waals surface area contributed by atoms with E-state index in [1.54, 1.807) is 18.2 Å². The van der Waals surface area contributed by atoms with Crippen LogP contribution in [-0.2, 0) is 9.53 Å². The number of benzene rings is 2. The van der Waals surface area contributed by atoms with Gasteiger partial charge in [0, 0.05) is 11.7 Å². The number of aryl methyl sites for hydroxylation is 1. The number of nitrogens with one attached hydrogen (secondary N) is 2. The van der Waals surface area contributed by atoms with E-state index in [9.17, 15) is 9.59 Å². The van der Waals surface area contributed by atoms with Crippen molar-refractivity contribution in [2.24, 2.45) is 5.92 Å². The maximum atomic E-state index is 12.4. The molecule has 2 aromatic rings. The van der Waals surface area contributed by atoms with Crippen LogP contribution in [0.15, 0.2) is 48.5 Å². The van der Waals surface area contributed by atoms with E-state index in [2.05, 4.69) is 36.6 Å². The van der Waals surface area contributed by atoms with Crippen LogP contribution < -0.4 is 10.6 Å². The van der Waals surface area contributed by atoms with E-state index in [0.717, 1.165) is 11.1 Å². The number of hydrogen-bond acceptors (Lipinski definition) is 4. The van der Waals surface area contributed by atoms with Crippen molar-refractivity contribution in [2.75, 3.05) is 19.0 Å². The molecule has 26 heavy (non-hydrogen) atoms. The van der Waals surface area contributed by atoms with Gasteiger partial charge in [0.15, 0.2) is 0 Å². The van der Waals surface area contributed by atoms with Crippen LogP contribution in [0.25, 0.3) is 0 Å². The normalized spacial score (nSPS) is 11.9. The average molecular weight is 354 g/mol. The Bertz CT molecular complexity index is 757. The summed E-state index contributed by atoms with van der Waals surface area (Å²) in [7, 11) is 1.33. The molecule has 1 amide bonds. The Kier molecular flexibility index (Phi) is 6.92. The second-order valence-corrected chi connectivity index (χ2v) is 6.58. The number of methoxy groups -OCH3 is 1. The van der Waals surface area contributed by atoms with Crippen molar-refractivity contribution in [3.63, 3.8) is 0 Å². The average Bonchev–Trinajstić information content (AvgIpc) is 2.63. The molecule has 0 spiro atoms. The summed E-state index contributed by atoms with van der Waals surface area (Å²) in [6.07, 6.45) is 0. The zero-order valence-corrected chi connectivity index (χ0v) is 15.7. The van der Waals surface area contributed by atoms with Gasteiger partial charge in [-0.05, 0) is 36.1 Å². The zero-order valence-electron chi connectivity index (χ0n) is 15.7. The van der Waals surface area contributed by atoms with Gasteiger partial charge in [-0.25, -0.2) is 4.79 Å². The molecule has 0 saturated carbocycles. The topological polar surface area (TPSA) is 67.4 Å². The Balaban J connectivity index is 2.03. The molecule has 0 aromatic heterocycles. The molecule has 0 saturated heterocycles. The van der Waals surface area contributed by atoms with E-state index < -0.39 is 5.97 Å². The molecule has 0 aliphatic heterocycles. The number of amides is 1. The second-order valence-electron chi connectivity index (χ2n) is 6.58. The van der Waals surface area contributed by atoms with E-state index in [1.807, 2.05) is 25.1 Å². The van der Waals surface area contributed by atoms with E-state index in [1.165, 1.54) is 7.11 Å². The summed E-state index contributed by atoms with van der Waals surface area (Å²) in [5, 5.41) is 6.19. The maximum absolute atomic E-state index is 12.4. The monoisotopic (exact) mass is 354 g/mol. The molecule has 1 atom stereocenters. The molecule has 0 radical (unpaired) electrons. The van der Waals surface area contributed by atoms with Gasteiger partial charge in [-0.3, -0.25) is 4.79 Å². The largest absolute Gasteiger partial charge is 0.465 e. The fourth-order valence-corrected chi connectivity index (χ4v) is 2.80. The van der Waals surface area contributed by atoms with Gasteiger partial charge >= 0.3 is 5.97 Å². The van der Waals surface area contributed by atoms with E-state index >= 15 is 0 Å². The lowest BCUT2D eigenvalue weighted by Crippen LogP contribution is -2.33. The lowest BCUT2D eigenvalue weighted by molar-refractivity contribution is -0.115. The molecule has 138 valence electrons. The standard InChI is InChI=1S/C21H26N2O3/c1-14(2)20(16-8-6-5-7-9-16)22-13-19(24)23-18-12-17(21(25)26-4)11-10-15(18)3/h5-12,14,20,22H,13H2,1-4H3,(H,23,24)/t20-/m1/s1. The minimum atomic E-state index is -0.428. The van der Waals surface area contributed by atoms with Gasteiger partial charge < -0.3 is 15.4 Å². The SMILES string of the molecule is COC(=O)c1ccc(C)c(NC(=O)CN[C@@H](c2ccccc2)C(C)C)c1. The van der Waals surface area contributed by atoms with Gasteiger partial charge in [-0.1, -0.05) is 50.2 Å². The number of ether oxygens (including phenoxy) is 1. The van der Waals surface area contributed by atoms with Crippen molar-refractivity contribution in [2.45, 2.75) is 26.8 Å². The lowest BCUT2D eigenvalue weighted by atomic mass is 9.96. The highest BCUT2D eigenvalue weighted by molar-refractivity contribution is 5.96. The Labute approximate surface area is 154 Å². The molecule has 0 aliphatic carbocycles. The van der Waals surface area contributed by atoms with Crippen molar-refractivity contribution in [3.05, 3.63) is 65.2 Å². The maximum Gasteiger partial charge on any atom is 0.337 e. The van der Waals surface area contributed by atoms with Gasteiger partial charge in [0.1, 0.15) is 0 Å². The fraction of sp³-hybridized carbons (Fsp3) is 0.333. The summed E-state index contributed by atoms with van der Waals surface area (Å²) < 4.78 is 4.73. The van der Waals surface area contributed by atoms with E-state index in [4.69, 9.17) is 4.74 Å². The molecular formula is C21H26N2O3. The van der Waals surface area contributed by atoms with Crippen LogP contribution in [0.4, 0.5) is 5.69 Å². The van der Waals surface area contributed by atoms with Crippen molar-refractivity contribution in [1.82, 2.24) is 5.32 Å². The molecule has 2 aromatic carbocycles. The minimum absolute atomic E-state index is 0.0875. The van der Waals surface area contributed by atoms with Gasteiger partial charge in [0.05, 0.1) is 19.2 Å². The van der Waals surface area contributed by atoms with Crippen LogP contribution in [0, 0.1) is 12.8 Å². The number of esters is 1. The van der Waals surface area contributed by atoms with Crippen LogP contribution in [-0.4, -0.2) is 25.5 Å². The third kappa shape index (κ3) is 5.17. The van der Waals surface area contributed by atoms with Gasteiger partial charge in [-0.15, -0.1) is 0 Å². The molecule has 5 heteroatoms. The molecule has 0 bridgehead atoms. The molecule has 0 fully saturated rings. The van der Waals surface area contributed by atoms with Crippen LogP contribution in [0.3, 0.4) is 0 Å². The summed E-state index contributed by atoms with van der Waals surface area (Å²) in [6.45, 7) is 6.30. The van der Waals surface area contributed by atoms with Crippen LogP contribution in [0.5, 0.6) is 0 Å². The molecule has 0 aliphatic rings. The predicted molar refractivity (Wildman–Crippen MR) is 103 cm³/mol. The van der Waals surface area contributed by atoms with E-state index in [-0.39, 0.29) is 18.5 Å². The van der Waals surface area contributed by atoms with Crippen molar-refractivity contribution >= 4 is 17.6 Å². The van der Waals surface area contributed by atoms with Crippen LogP contribution >= 0.6 is 0 Å². The predicted octanol–water partition coefficient (Wildman–Crippen LogP) is 3.71. The highest BCUT2D eigenvalue weighted by Crippen LogP contribution is 2.21. The van der Waals surface area contributed by atoms with Crippen molar-refractivity contribution in [1.29, 1.82) is 0 Å². The highest BCUT2D eigenvalue weighted by atomic mass is 16.5. The number of carbonyl (C=O) groups excluding carboxylic acids is 2. The van der Waals surface area contributed by atoms with Crippen LogP contribution in [0.2, 0.25) is 0 Å². The minimum Gasteiger partial charge on any atom is -0.465 e. The van der Waals surface area contributed by atoms with E-state index in [0.29, 0.717) is 17.2 Å². The second kappa shape index (κ2) is 9.15. The number of anilines is 1. The number of rotatable bonds is 7. The van der Waals surface area contributed by atoms with Crippen LogP contribution in [0.1, 0.15) is 41.4 Å². The first-order valence-corrected chi connectivity index (χ1v) is 8.69. The molecule has 0 unspecified atom stereocenters. The molecular weight excluding hydrogens is 328 g/mol. The third-order valence-corrected chi connectivity index (χ3v) is 4.24. The lowest BCUT2D eigenvalue weighted by Gasteiger charge is -2.23. The Hall–Kier alpha value is -2.66. The number of carbonyl (C=O) groups is 2. The summed E-state index contributed by atoms with van der Waals surface area (Å²) in [4.78, 5) is 24.0. The molecule has 2 rings (SSSR count). The molecule has 5 nitrogen and oxygen atoms in total. The molecule has 0 heterocycles. The Morgan fingerprint density at radius 2 is 1.77 bits per heavy atom. The Morgan fingerprint density at radius 3 is 2.38 bits per heavy atom. The first-order chi connectivity index (χ1) is 12.4.